The third-order valence-corrected chi connectivity index (χ3v) is 5.22. The fourth-order valence-electron chi connectivity index (χ4n) is 4.02. The third kappa shape index (κ3) is 2.77. The lowest BCUT2D eigenvalue weighted by Crippen LogP contribution is -2.31. The van der Waals surface area contributed by atoms with Crippen LogP contribution in [0.1, 0.15) is 58.7 Å². The first kappa shape index (κ1) is 16.8. The van der Waals surface area contributed by atoms with E-state index in [0.29, 0.717) is 5.56 Å². The highest BCUT2D eigenvalue weighted by Crippen LogP contribution is 2.30. The Bertz CT molecular complexity index is 989. The van der Waals surface area contributed by atoms with Gasteiger partial charge in [0, 0.05) is 12.2 Å². The number of carbonyl (C=O) groups is 1. The molecular formula is C21H24N4O. The molecule has 2 aromatic heterocycles. The minimum Gasteiger partial charge on any atom is -0.345 e. The van der Waals surface area contributed by atoms with Crippen LogP contribution >= 0.6 is 0 Å². The summed E-state index contributed by atoms with van der Waals surface area (Å²) in [6, 6.07) is 10.4. The molecule has 1 aliphatic rings. The smallest absolute Gasteiger partial charge is 0.252 e. The number of benzene rings is 1. The van der Waals surface area contributed by atoms with E-state index in [2.05, 4.69) is 33.6 Å². The van der Waals surface area contributed by atoms with E-state index in [-0.39, 0.29) is 11.9 Å². The van der Waals surface area contributed by atoms with Gasteiger partial charge >= 0.3 is 0 Å². The zero-order valence-corrected chi connectivity index (χ0v) is 15.5. The molecule has 0 radical (unpaired) electrons. The van der Waals surface area contributed by atoms with Crippen molar-refractivity contribution in [1.82, 2.24) is 20.1 Å². The van der Waals surface area contributed by atoms with Crippen LogP contribution in [0.3, 0.4) is 0 Å². The van der Waals surface area contributed by atoms with Gasteiger partial charge in [-0.05, 0) is 57.2 Å². The quantitative estimate of drug-likeness (QED) is 0.781. The minimum absolute atomic E-state index is 0.0408. The van der Waals surface area contributed by atoms with Crippen LogP contribution in [0.2, 0.25) is 0 Å². The van der Waals surface area contributed by atoms with Crippen molar-refractivity contribution < 1.29 is 4.79 Å². The second-order valence-corrected chi connectivity index (χ2v) is 7.03. The van der Waals surface area contributed by atoms with Gasteiger partial charge in [0.25, 0.3) is 5.91 Å². The summed E-state index contributed by atoms with van der Waals surface area (Å²) in [5, 5.41) is 8.67. The molecule has 5 heteroatoms. The normalized spacial score (nSPS) is 16.5. The molecule has 0 aliphatic heterocycles. The number of rotatable bonds is 3. The van der Waals surface area contributed by atoms with Gasteiger partial charge in [-0.15, -0.1) is 0 Å². The zero-order valence-electron chi connectivity index (χ0n) is 15.5. The molecule has 26 heavy (non-hydrogen) atoms. The van der Waals surface area contributed by atoms with Gasteiger partial charge in [-0.2, -0.15) is 5.10 Å². The van der Waals surface area contributed by atoms with Crippen LogP contribution in [0.5, 0.6) is 0 Å². The molecule has 4 rings (SSSR count). The van der Waals surface area contributed by atoms with E-state index in [9.17, 15) is 4.79 Å². The molecule has 1 aliphatic carbocycles. The number of carbonyl (C=O) groups excluding carboxylic acids is 1. The van der Waals surface area contributed by atoms with E-state index >= 15 is 0 Å². The molecule has 5 nitrogen and oxygen atoms in total. The lowest BCUT2D eigenvalue weighted by Gasteiger charge is -2.26. The molecular weight excluding hydrogens is 324 g/mol. The van der Waals surface area contributed by atoms with Gasteiger partial charge in [0.1, 0.15) is 0 Å². The highest BCUT2D eigenvalue weighted by atomic mass is 16.1. The Balaban J connectivity index is 1.73. The van der Waals surface area contributed by atoms with Crippen LogP contribution in [0.15, 0.2) is 30.3 Å². The van der Waals surface area contributed by atoms with Crippen molar-refractivity contribution in [2.45, 2.75) is 52.6 Å². The molecule has 1 unspecified atom stereocenters. The number of pyridine rings is 1. The number of aryl methyl sites for hydroxylation is 4. The first-order valence-electron chi connectivity index (χ1n) is 9.32. The van der Waals surface area contributed by atoms with Crippen molar-refractivity contribution in [3.63, 3.8) is 0 Å². The van der Waals surface area contributed by atoms with Crippen LogP contribution in [-0.2, 0) is 13.0 Å². The molecule has 1 aromatic carbocycles. The molecule has 3 aromatic rings. The number of hydrogen-bond acceptors (Lipinski definition) is 3. The highest BCUT2D eigenvalue weighted by molar-refractivity contribution is 6.06. The monoisotopic (exact) mass is 348 g/mol. The molecule has 2 heterocycles. The van der Waals surface area contributed by atoms with Crippen LogP contribution in [0.25, 0.3) is 11.0 Å². The number of aromatic nitrogens is 3. The van der Waals surface area contributed by atoms with E-state index in [1.165, 1.54) is 11.1 Å². The fraction of sp³-hybridized carbons (Fsp3) is 0.381. The zero-order chi connectivity index (χ0) is 18.3. The molecule has 0 fully saturated rings. The molecule has 0 saturated heterocycles. The van der Waals surface area contributed by atoms with Gasteiger partial charge < -0.3 is 5.32 Å². The summed E-state index contributed by atoms with van der Waals surface area (Å²) in [6.45, 7) is 6.64. The Morgan fingerprint density at radius 2 is 2.12 bits per heavy atom. The van der Waals surface area contributed by atoms with Crippen molar-refractivity contribution in [2.24, 2.45) is 0 Å². The topological polar surface area (TPSA) is 59.8 Å². The largest absolute Gasteiger partial charge is 0.345 e. The van der Waals surface area contributed by atoms with Crippen LogP contribution in [0.4, 0.5) is 0 Å². The lowest BCUT2D eigenvalue weighted by atomic mass is 9.87. The van der Waals surface area contributed by atoms with E-state index < -0.39 is 0 Å². The highest BCUT2D eigenvalue weighted by Gasteiger charge is 2.24. The molecule has 0 spiro atoms. The van der Waals surface area contributed by atoms with Gasteiger partial charge in [-0.25, -0.2) is 9.67 Å². The van der Waals surface area contributed by atoms with E-state index in [0.717, 1.165) is 48.2 Å². The predicted octanol–water partition coefficient (Wildman–Crippen LogP) is 3.88. The van der Waals surface area contributed by atoms with Gasteiger partial charge in [0.2, 0.25) is 0 Å². The lowest BCUT2D eigenvalue weighted by molar-refractivity contribution is 0.0934. The van der Waals surface area contributed by atoms with E-state index in [4.69, 9.17) is 0 Å². The Morgan fingerprint density at radius 3 is 2.92 bits per heavy atom. The maximum absolute atomic E-state index is 13.2. The van der Waals surface area contributed by atoms with E-state index in [1.807, 2.05) is 37.6 Å². The molecule has 1 amide bonds. The Hall–Kier alpha value is -2.69. The third-order valence-electron chi connectivity index (χ3n) is 5.22. The summed E-state index contributed by atoms with van der Waals surface area (Å²) in [7, 11) is 0. The number of fused-ring (bicyclic) bond motifs is 2. The number of nitrogens with zero attached hydrogens (tertiary/aromatic N) is 3. The van der Waals surface area contributed by atoms with Gasteiger partial charge in [0.15, 0.2) is 5.65 Å². The summed E-state index contributed by atoms with van der Waals surface area (Å²) in [4.78, 5) is 17.8. The Labute approximate surface area is 153 Å². The van der Waals surface area contributed by atoms with Crippen molar-refractivity contribution in [3.8, 4) is 0 Å². The standard InChI is InChI=1S/C21H24N4O/c1-4-25-20-19(14(3)24-25)17(12-13(2)22-20)21(26)23-18-11-7-9-15-8-5-6-10-16(15)18/h5-6,8,10,12,18H,4,7,9,11H2,1-3H3,(H,23,26). The molecule has 1 N–H and O–H groups in total. The Morgan fingerprint density at radius 1 is 1.31 bits per heavy atom. The van der Waals surface area contributed by atoms with Crippen LogP contribution < -0.4 is 5.32 Å². The van der Waals surface area contributed by atoms with Crippen molar-refractivity contribution in [2.75, 3.05) is 0 Å². The summed E-state index contributed by atoms with van der Waals surface area (Å²) in [6.07, 6.45) is 3.16. The number of nitrogens with one attached hydrogen (secondary N) is 1. The first-order chi connectivity index (χ1) is 12.6. The second-order valence-electron chi connectivity index (χ2n) is 7.03. The number of amides is 1. The SMILES string of the molecule is CCn1nc(C)c2c(C(=O)NC3CCCc4ccccc43)cc(C)nc21. The summed E-state index contributed by atoms with van der Waals surface area (Å²) >= 11 is 0. The Kier molecular flexibility index (Phi) is 4.23. The molecule has 0 saturated carbocycles. The number of hydrogen-bond donors (Lipinski definition) is 1. The summed E-state index contributed by atoms with van der Waals surface area (Å²) in [5.41, 5.74) is 5.74. The van der Waals surface area contributed by atoms with E-state index in [1.54, 1.807) is 0 Å². The van der Waals surface area contributed by atoms with Crippen molar-refractivity contribution in [1.29, 1.82) is 0 Å². The average molecular weight is 348 g/mol. The summed E-state index contributed by atoms with van der Waals surface area (Å²) < 4.78 is 1.87. The van der Waals surface area contributed by atoms with Crippen LogP contribution in [-0.4, -0.2) is 20.7 Å². The second kappa shape index (κ2) is 6.56. The van der Waals surface area contributed by atoms with Gasteiger partial charge in [-0.3, -0.25) is 4.79 Å². The predicted molar refractivity (Wildman–Crippen MR) is 102 cm³/mol. The molecule has 0 bridgehead atoms. The maximum atomic E-state index is 13.2. The fourth-order valence-corrected chi connectivity index (χ4v) is 4.02. The minimum atomic E-state index is -0.0408. The van der Waals surface area contributed by atoms with Crippen LogP contribution in [0, 0.1) is 13.8 Å². The van der Waals surface area contributed by atoms with Gasteiger partial charge in [-0.1, -0.05) is 24.3 Å². The van der Waals surface area contributed by atoms with Crippen molar-refractivity contribution in [3.05, 3.63) is 58.4 Å². The first-order valence-corrected chi connectivity index (χ1v) is 9.32. The summed E-state index contributed by atoms with van der Waals surface area (Å²) in [5.74, 6) is -0.0408. The maximum Gasteiger partial charge on any atom is 0.252 e. The average Bonchev–Trinajstić information content (AvgIpc) is 2.97. The molecule has 134 valence electrons. The molecule has 1 atom stereocenters. The van der Waals surface area contributed by atoms with Crippen molar-refractivity contribution >= 4 is 16.9 Å². The van der Waals surface area contributed by atoms with Gasteiger partial charge in [0.05, 0.1) is 22.7 Å².